The third-order valence-corrected chi connectivity index (χ3v) is 4.27. The van der Waals surface area contributed by atoms with Crippen molar-refractivity contribution in [1.82, 2.24) is 15.1 Å². The third-order valence-electron chi connectivity index (χ3n) is 4.27. The molecule has 0 fully saturated rings. The number of aryl methyl sites for hydroxylation is 1. The summed E-state index contributed by atoms with van der Waals surface area (Å²) >= 11 is 0. The molecule has 0 aliphatic heterocycles. The predicted molar refractivity (Wildman–Crippen MR) is 84.4 cm³/mol. The van der Waals surface area contributed by atoms with Crippen molar-refractivity contribution in [2.75, 3.05) is 6.54 Å². The third kappa shape index (κ3) is 4.30. The molecule has 5 nitrogen and oxygen atoms in total. The Labute approximate surface area is 127 Å². The summed E-state index contributed by atoms with van der Waals surface area (Å²) in [5.74, 6) is -0.164. The second kappa shape index (κ2) is 7.59. The van der Waals surface area contributed by atoms with Crippen molar-refractivity contribution in [1.29, 1.82) is 0 Å². The molecular formula is C16H29N3O2. The molecule has 0 bridgehead atoms. The summed E-state index contributed by atoms with van der Waals surface area (Å²) in [6.45, 7) is 10.2. The molecule has 1 amide bonds. The maximum absolute atomic E-state index is 12.4. The number of aromatic nitrogens is 2. The van der Waals surface area contributed by atoms with Gasteiger partial charge >= 0.3 is 0 Å². The van der Waals surface area contributed by atoms with E-state index in [0.717, 1.165) is 18.5 Å². The van der Waals surface area contributed by atoms with Crippen LogP contribution in [0.5, 0.6) is 0 Å². The highest BCUT2D eigenvalue weighted by molar-refractivity contribution is 5.92. The van der Waals surface area contributed by atoms with Crippen molar-refractivity contribution in [3.05, 3.63) is 17.5 Å². The quantitative estimate of drug-likeness (QED) is 0.775. The zero-order valence-corrected chi connectivity index (χ0v) is 13.9. The molecule has 1 rings (SSSR count). The molecule has 0 aliphatic carbocycles. The molecule has 0 saturated carbocycles. The Bertz CT molecular complexity index is 460. The maximum Gasteiger partial charge on any atom is 0.269 e. The number of amides is 1. The summed E-state index contributed by atoms with van der Waals surface area (Å²) < 4.78 is 1.82. The molecule has 0 aromatic carbocycles. The fourth-order valence-corrected chi connectivity index (χ4v) is 2.43. The lowest BCUT2D eigenvalue weighted by atomic mass is 9.97. The van der Waals surface area contributed by atoms with Crippen LogP contribution >= 0.6 is 0 Å². The molecule has 0 saturated heterocycles. The Hall–Kier alpha value is -1.36. The van der Waals surface area contributed by atoms with Crippen molar-refractivity contribution in [3.8, 4) is 0 Å². The van der Waals surface area contributed by atoms with Crippen LogP contribution in [0.4, 0.5) is 0 Å². The van der Waals surface area contributed by atoms with Gasteiger partial charge in [0.15, 0.2) is 0 Å². The number of carbonyl (C=O) groups is 1. The van der Waals surface area contributed by atoms with Crippen LogP contribution in [-0.4, -0.2) is 32.9 Å². The van der Waals surface area contributed by atoms with E-state index in [1.165, 1.54) is 0 Å². The number of rotatable bonds is 8. The number of hydrogen-bond donors (Lipinski definition) is 2. The number of carbonyl (C=O) groups excluding carboxylic acids is 1. The van der Waals surface area contributed by atoms with Gasteiger partial charge < -0.3 is 10.4 Å². The largest absolute Gasteiger partial charge is 0.388 e. The van der Waals surface area contributed by atoms with Crippen molar-refractivity contribution in [2.45, 2.75) is 71.9 Å². The molecule has 5 heteroatoms. The van der Waals surface area contributed by atoms with Gasteiger partial charge in [-0.25, -0.2) is 0 Å². The first-order valence-corrected chi connectivity index (χ1v) is 7.97. The van der Waals surface area contributed by atoms with Gasteiger partial charge in [-0.1, -0.05) is 27.7 Å². The van der Waals surface area contributed by atoms with Gasteiger partial charge in [-0.3, -0.25) is 9.48 Å². The van der Waals surface area contributed by atoms with E-state index < -0.39 is 5.60 Å². The van der Waals surface area contributed by atoms with E-state index >= 15 is 0 Å². The van der Waals surface area contributed by atoms with E-state index in [0.29, 0.717) is 18.5 Å². The fraction of sp³-hybridized carbons (Fsp3) is 0.750. The monoisotopic (exact) mass is 295 g/mol. The molecule has 0 radical (unpaired) electrons. The Morgan fingerprint density at radius 2 is 1.90 bits per heavy atom. The molecular weight excluding hydrogens is 266 g/mol. The average molecular weight is 295 g/mol. The van der Waals surface area contributed by atoms with E-state index in [2.05, 4.69) is 24.3 Å². The minimum absolute atomic E-state index is 0.164. The Balaban J connectivity index is 2.88. The van der Waals surface area contributed by atoms with Crippen LogP contribution in [0.25, 0.3) is 0 Å². The van der Waals surface area contributed by atoms with Gasteiger partial charge in [-0.2, -0.15) is 5.10 Å². The van der Waals surface area contributed by atoms with Gasteiger partial charge in [-0.15, -0.1) is 0 Å². The second-order valence-electron chi connectivity index (χ2n) is 5.70. The number of aliphatic hydroxyl groups is 1. The molecule has 120 valence electrons. The van der Waals surface area contributed by atoms with E-state index in [4.69, 9.17) is 0 Å². The van der Waals surface area contributed by atoms with Crippen LogP contribution in [0.2, 0.25) is 0 Å². The predicted octanol–water partition coefficient (Wildman–Crippen LogP) is 2.83. The molecule has 1 heterocycles. The van der Waals surface area contributed by atoms with Crippen LogP contribution in [0.3, 0.4) is 0 Å². The molecule has 0 spiro atoms. The Morgan fingerprint density at radius 1 is 1.33 bits per heavy atom. The SMILES string of the molecule is CCC(CC)n1nc(C)cc1C(=O)NCC(O)(CC)CC. The highest BCUT2D eigenvalue weighted by Crippen LogP contribution is 2.19. The van der Waals surface area contributed by atoms with Gasteiger partial charge in [0.2, 0.25) is 0 Å². The zero-order valence-electron chi connectivity index (χ0n) is 13.9. The highest BCUT2D eigenvalue weighted by Gasteiger charge is 2.25. The highest BCUT2D eigenvalue weighted by atomic mass is 16.3. The Kier molecular flexibility index (Phi) is 6.40. The summed E-state index contributed by atoms with van der Waals surface area (Å²) in [5, 5.41) is 17.6. The van der Waals surface area contributed by atoms with E-state index in [1.807, 2.05) is 31.5 Å². The summed E-state index contributed by atoms with van der Waals surface area (Å²) in [6.07, 6.45) is 3.11. The van der Waals surface area contributed by atoms with Crippen LogP contribution < -0.4 is 5.32 Å². The number of nitrogens with one attached hydrogen (secondary N) is 1. The summed E-state index contributed by atoms with van der Waals surface area (Å²) in [4.78, 5) is 12.4. The average Bonchev–Trinajstić information content (AvgIpc) is 2.87. The molecule has 1 aromatic heterocycles. The maximum atomic E-state index is 12.4. The van der Waals surface area contributed by atoms with Crippen LogP contribution in [0.15, 0.2) is 6.07 Å². The Morgan fingerprint density at radius 3 is 2.38 bits per heavy atom. The topological polar surface area (TPSA) is 67.2 Å². The van der Waals surface area contributed by atoms with Gasteiger partial charge in [0, 0.05) is 6.54 Å². The zero-order chi connectivity index (χ0) is 16.0. The van der Waals surface area contributed by atoms with Crippen molar-refractivity contribution < 1.29 is 9.90 Å². The minimum atomic E-state index is -0.829. The second-order valence-corrected chi connectivity index (χ2v) is 5.70. The summed E-state index contributed by atoms with van der Waals surface area (Å²) in [7, 11) is 0. The van der Waals surface area contributed by atoms with Crippen molar-refractivity contribution >= 4 is 5.91 Å². The standard InChI is InChI=1S/C16H29N3O2/c1-6-13(7-2)19-14(10-12(5)18-19)15(20)17-11-16(21,8-3)9-4/h10,13,21H,6-9,11H2,1-5H3,(H,17,20). The molecule has 0 unspecified atom stereocenters. The van der Waals surface area contributed by atoms with Gasteiger partial charge in [0.25, 0.3) is 5.91 Å². The van der Waals surface area contributed by atoms with Crippen LogP contribution in [-0.2, 0) is 0 Å². The van der Waals surface area contributed by atoms with Crippen molar-refractivity contribution in [2.24, 2.45) is 0 Å². The molecule has 2 N–H and O–H groups in total. The smallest absolute Gasteiger partial charge is 0.269 e. The van der Waals surface area contributed by atoms with Gasteiger partial charge in [-0.05, 0) is 38.7 Å². The minimum Gasteiger partial charge on any atom is -0.388 e. The summed E-state index contributed by atoms with van der Waals surface area (Å²) in [5.41, 5.74) is 0.592. The van der Waals surface area contributed by atoms with E-state index in [-0.39, 0.29) is 18.5 Å². The normalized spacial score (nSPS) is 12.0. The molecule has 21 heavy (non-hydrogen) atoms. The van der Waals surface area contributed by atoms with E-state index in [1.54, 1.807) is 0 Å². The first-order chi connectivity index (χ1) is 9.90. The lowest BCUT2D eigenvalue weighted by Crippen LogP contribution is -2.42. The first kappa shape index (κ1) is 17.7. The van der Waals surface area contributed by atoms with E-state index in [9.17, 15) is 9.90 Å². The van der Waals surface area contributed by atoms with Crippen LogP contribution in [0, 0.1) is 6.92 Å². The fourth-order valence-electron chi connectivity index (χ4n) is 2.43. The summed E-state index contributed by atoms with van der Waals surface area (Å²) in [6, 6.07) is 2.04. The van der Waals surface area contributed by atoms with Crippen LogP contribution in [0.1, 0.15) is 75.6 Å². The number of nitrogens with zero attached hydrogens (tertiary/aromatic N) is 2. The van der Waals surface area contributed by atoms with Gasteiger partial charge in [0.05, 0.1) is 17.3 Å². The lowest BCUT2D eigenvalue weighted by molar-refractivity contribution is 0.0312. The lowest BCUT2D eigenvalue weighted by Gasteiger charge is -2.25. The number of hydrogen-bond acceptors (Lipinski definition) is 3. The molecule has 0 atom stereocenters. The molecule has 1 aromatic rings. The molecule has 0 aliphatic rings. The van der Waals surface area contributed by atoms with Crippen molar-refractivity contribution in [3.63, 3.8) is 0 Å². The first-order valence-electron chi connectivity index (χ1n) is 7.97. The van der Waals surface area contributed by atoms with Gasteiger partial charge in [0.1, 0.15) is 5.69 Å².